The van der Waals surface area contributed by atoms with Gasteiger partial charge in [-0.15, -0.1) is 10.2 Å². The first-order valence-corrected chi connectivity index (χ1v) is 7.06. The van der Waals surface area contributed by atoms with Gasteiger partial charge in [-0.3, -0.25) is 9.36 Å². The second-order valence-corrected chi connectivity index (χ2v) is 4.88. The average Bonchev–Trinajstić information content (AvgIpc) is 2.90. The third-order valence-electron chi connectivity index (χ3n) is 3.36. The summed E-state index contributed by atoms with van der Waals surface area (Å²) in [6.07, 6.45) is 1.74. The minimum absolute atomic E-state index is 0.238. The van der Waals surface area contributed by atoms with E-state index in [4.69, 9.17) is 9.47 Å². The molecule has 0 aliphatic heterocycles. The lowest BCUT2D eigenvalue weighted by Crippen LogP contribution is -2.23. The molecule has 0 spiro atoms. The Morgan fingerprint density at radius 1 is 1.09 bits per heavy atom. The molecule has 0 fully saturated rings. The number of aromatic nitrogens is 3. The van der Waals surface area contributed by atoms with Gasteiger partial charge >= 0.3 is 0 Å². The Morgan fingerprint density at radius 3 is 2.04 bits per heavy atom. The van der Waals surface area contributed by atoms with Crippen LogP contribution in [0.15, 0.2) is 18.2 Å². The number of nitrogens with zero attached hydrogens (tertiary/aromatic N) is 3. The molecule has 7 nitrogen and oxygen atoms in total. The summed E-state index contributed by atoms with van der Waals surface area (Å²) in [7, 11) is 4.74. The third kappa shape index (κ3) is 3.50. The largest absolute Gasteiger partial charge is 0.497 e. The zero-order chi connectivity index (χ0) is 17.0. The Morgan fingerprint density at radius 2 is 1.61 bits per heavy atom. The van der Waals surface area contributed by atoms with E-state index in [0.29, 0.717) is 28.8 Å². The average molecular weight is 316 g/mol. The standard InChI is InChI=1S/C16H20N4O3/c1-10-18-19-11(2)20(10)15(16(21)17-3)8-12-6-13(22-4)9-14(7-12)23-5/h6-9H,1-5H3,(H,17,21)/b15-8-. The van der Waals surface area contributed by atoms with E-state index < -0.39 is 0 Å². The summed E-state index contributed by atoms with van der Waals surface area (Å²) in [5, 5.41) is 10.7. The first-order valence-electron chi connectivity index (χ1n) is 7.06. The molecule has 0 aliphatic carbocycles. The van der Waals surface area contributed by atoms with Crippen molar-refractivity contribution in [1.29, 1.82) is 0 Å². The van der Waals surface area contributed by atoms with Crippen LogP contribution in [-0.2, 0) is 4.79 Å². The molecule has 1 amide bonds. The molecule has 0 saturated heterocycles. The van der Waals surface area contributed by atoms with Gasteiger partial charge in [0.2, 0.25) is 0 Å². The number of ether oxygens (including phenoxy) is 2. The van der Waals surface area contributed by atoms with Crippen molar-refractivity contribution in [2.75, 3.05) is 21.3 Å². The number of hydrogen-bond donors (Lipinski definition) is 1. The van der Waals surface area contributed by atoms with E-state index in [1.807, 2.05) is 12.1 Å². The molecule has 1 N–H and O–H groups in total. The van der Waals surface area contributed by atoms with Crippen LogP contribution in [0.5, 0.6) is 11.5 Å². The van der Waals surface area contributed by atoms with Crippen molar-refractivity contribution >= 4 is 17.7 Å². The van der Waals surface area contributed by atoms with Crippen LogP contribution in [0.25, 0.3) is 11.8 Å². The van der Waals surface area contributed by atoms with Gasteiger partial charge in [-0.1, -0.05) is 0 Å². The quantitative estimate of drug-likeness (QED) is 0.849. The van der Waals surface area contributed by atoms with Crippen molar-refractivity contribution < 1.29 is 14.3 Å². The minimum atomic E-state index is -0.238. The maximum atomic E-state index is 12.3. The Bertz CT molecular complexity index is 708. The summed E-state index contributed by atoms with van der Waals surface area (Å²) in [5.74, 6) is 2.31. The molecule has 0 aliphatic rings. The number of rotatable bonds is 5. The Balaban J connectivity index is 2.61. The third-order valence-corrected chi connectivity index (χ3v) is 3.36. The van der Waals surface area contributed by atoms with Gasteiger partial charge in [-0.05, 0) is 37.6 Å². The predicted octanol–water partition coefficient (Wildman–Crippen LogP) is 1.66. The molecule has 0 bridgehead atoms. The van der Waals surface area contributed by atoms with Gasteiger partial charge in [0, 0.05) is 13.1 Å². The van der Waals surface area contributed by atoms with Crippen LogP contribution in [0.1, 0.15) is 17.2 Å². The molecule has 1 heterocycles. The Labute approximate surface area is 134 Å². The minimum Gasteiger partial charge on any atom is -0.497 e. The molecule has 0 radical (unpaired) electrons. The van der Waals surface area contributed by atoms with Gasteiger partial charge in [-0.2, -0.15) is 0 Å². The maximum Gasteiger partial charge on any atom is 0.268 e. The van der Waals surface area contributed by atoms with E-state index in [1.165, 1.54) is 0 Å². The van der Waals surface area contributed by atoms with E-state index in [9.17, 15) is 4.79 Å². The Hall–Kier alpha value is -2.83. The molecule has 0 atom stereocenters. The fourth-order valence-corrected chi connectivity index (χ4v) is 2.25. The molecule has 0 unspecified atom stereocenters. The van der Waals surface area contributed by atoms with Crippen LogP contribution in [-0.4, -0.2) is 41.9 Å². The number of carbonyl (C=O) groups is 1. The van der Waals surface area contributed by atoms with Gasteiger partial charge < -0.3 is 14.8 Å². The van der Waals surface area contributed by atoms with Crippen LogP contribution >= 0.6 is 0 Å². The number of aryl methyl sites for hydroxylation is 2. The summed E-state index contributed by atoms with van der Waals surface area (Å²) in [6.45, 7) is 3.59. The van der Waals surface area contributed by atoms with E-state index in [2.05, 4.69) is 15.5 Å². The van der Waals surface area contributed by atoms with Crippen molar-refractivity contribution in [2.24, 2.45) is 0 Å². The van der Waals surface area contributed by atoms with Crippen molar-refractivity contribution in [3.05, 3.63) is 35.4 Å². The molecular weight excluding hydrogens is 296 g/mol. The van der Waals surface area contributed by atoms with Crippen LogP contribution in [0.3, 0.4) is 0 Å². The van der Waals surface area contributed by atoms with E-state index in [0.717, 1.165) is 5.56 Å². The second-order valence-electron chi connectivity index (χ2n) is 4.88. The van der Waals surface area contributed by atoms with Gasteiger partial charge in [0.25, 0.3) is 5.91 Å². The van der Waals surface area contributed by atoms with Crippen molar-refractivity contribution in [3.8, 4) is 11.5 Å². The smallest absolute Gasteiger partial charge is 0.268 e. The molecule has 0 saturated carbocycles. The van der Waals surface area contributed by atoms with Gasteiger partial charge in [0.15, 0.2) is 0 Å². The zero-order valence-corrected chi connectivity index (χ0v) is 13.9. The summed E-state index contributed by atoms with van der Waals surface area (Å²) >= 11 is 0. The fraction of sp³-hybridized carbons (Fsp3) is 0.312. The SMILES string of the molecule is CNC(=O)/C(=C/c1cc(OC)cc(OC)c1)n1c(C)nnc1C. The van der Waals surface area contributed by atoms with Crippen molar-refractivity contribution in [1.82, 2.24) is 20.1 Å². The topological polar surface area (TPSA) is 78.3 Å². The molecular formula is C16H20N4O3. The van der Waals surface area contributed by atoms with Gasteiger partial charge in [-0.25, -0.2) is 0 Å². The molecule has 1 aromatic carbocycles. The number of nitrogens with one attached hydrogen (secondary N) is 1. The van der Waals surface area contributed by atoms with Crippen LogP contribution in [0.2, 0.25) is 0 Å². The van der Waals surface area contributed by atoms with E-state index in [1.54, 1.807) is 51.8 Å². The second kappa shape index (κ2) is 6.95. The summed E-state index contributed by atoms with van der Waals surface area (Å²) < 4.78 is 12.2. The molecule has 23 heavy (non-hydrogen) atoms. The zero-order valence-electron chi connectivity index (χ0n) is 13.9. The lowest BCUT2D eigenvalue weighted by Gasteiger charge is -2.11. The normalized spacial score (nSPS) is 11.3. The lowest BCUT2D eigenvalue weighted by molar-refractivity contribution is -0.115. The Kier molecular flexibility index (Phi) is 5.00. The lowest BCUT2D eigenvalue weighted by atomic mass is 10.1. The first-order chi connectivity index (χ1) is 11.0. The van der Waals surface area contributed by atoms with Crippen LogP contribution in [0, 0.1) is 13.8 Å². The number of carbonyl (C=O) groups excluding carboxylic acids is 1. The highest BCUT2D eigenvalue weighted by atomic mass is 16.5. The maximum absolute atomic E-state index is 12.3. The van der Waals surface area contributed by atoms with Crippen LogP contribution < -0.4 is 14.8 Å². The fourth-order valence-electron chi connectivity index (χ4n) is 2.25. The highest BCUT2D eigenvalue weighted by Crippen LogP contribution is 2.25. The number of amides is 1. The van der Waals surface area contributed by atoms with E-state index >= 15 is 0 Å². The summed E-state index contributed by atoms with van der Waals surface area (Å²) in [6, 6.07) is 5.41. The first kappa shape index (κ1) is 16.5. The van der Waals surface area contributed by atoms with Crippen LogP contribution in [0.4, 0.5) is 0 Å². The summed E-state index contributed by atoms with van der Waals surface area (Å²) in [5.41, 5.74) is 1.19. The predicted molar refractivity (Wildman–Crippen MR) is 87.3 cm³/mol. The number of benzene rings is 1. The number of hydrogen-bond acceptors (Lipinski definition) is 5. The highest BCUT2D eigenvalue weighted by Gasteiger charge is 2.16. The molecule has 7 heteroatoms. The number of methoxy groups -OCH3 is 2. The number of likely N-dealkylation sites (N-methyl/N-ethyl adjacent to an activating group) is 1. The summed E-state index contributed by atoms with van der Waals surface area (Å²) in [4.78, 5) is 12.3. The van der Waals surface area contributed by atoms with Crippen molar-refractivity contribution in [2.45, 2.75) is 13.8 Å². The molecule has 122 valence electrons. The van der Waals surface area contributed by atoms with Crippen molar-refractivity contribution in [3.63, 3.8) is 0 Å². The molecule has 2 aromatic rings. The van der Waals surface area contributed by atoms with Gasteiger partial charge in [0.05, 0.1) is 14.2 Å². The molecule has 1 aromatic heterocycles. The van der Waals surface area contributed by atoms with E-state index in [-0.39, 0.29) is 5.91 Å². The highest BCUT2D eigenvalue weighted by molar-refractivity contribution is 6.18. The van der Waals surface area contributed by atoms with Gasteiger partial charge in [0.1, 0.15) is 28.8 Å². The molecule has 2 rings (SSSR count). The monoisotopic (exact) mass is 316 g/mol.